The number of aliphatic hydroxyl groups excluding tert-OH is 1. The van der Waals surface area contributed by atoms with Crippen molar-refractivity contribution in [3.8, 4) is 17.2 Å². The van der Waals surface area contributed by atoms with E-state index >= 15 is 0 Å². The standard InChI is InChI=1S/C14H20O4/c1-16-12-7-9-5-4-6-10(15)8-11(9)13(17-2)14(12)18-3/h7,10,15H,4-6,8H2,1-3H3. The van der Waals surface area contributed by atoms with Crippen LogP contribution in [0, 0.1) is 0 Å². The molecule has 0 aliphatic heterocycles. The van der Waals surface area contributed by atoms with Crippen molar-refractivity contribution in [1.29, 1.82) is 0 Å². The Morgan fingerprint density at radius 1 is 1.11 bits per heavy atom. The molecule has 4 nitrogen and oxygen atoms in total. The van der Waals surface area contributed by atoms with Crippen LogP contribution in [0.4, 0.5) is 0 Å². The quantitative estimate of drug-likeness (QED) is 0.835. The maximum absolute atomic E-state index is 9.92. The molecule has 1 aliphatic carbocycles. The molecular weight excluding hydrogens is 232 g/mol. The van der Waals surface area contributed by atoms with Gasteiger partial charge in [0.2, 0.25) is 5.75 Å². The second kappa shape index (κ2) is 5.48. The second-order valence-corrected chi connectivity index (χ2v) is 4.53. The summed E-state index contributed by atoms with van der Waals surface area (Å²) in [6.07, 6.45) is 3.04. The molecule has 0 radical (unpaired) electrons. The molecule has 4 heteroatoms. The van der Waals surface area contributed by atoms with Gasteiger partial charge in [0.1, 0.15) is 0 Å². The molecule has 0 saturated heterocycles. The van der Waals surface area contributed by atoms with Crippen LogP contribution in [0.2, 0.25) is 0 Å². The predicted octanol–water partition coefficient (Wildman–Crippen LogP) is 1.95. The van der Waals surface area contributed by atoms with Gasteiger partial charge in [-0.3, -0.25) is 0 Å². The average molecular weight is 252 g/mol. The van der Waals surface area contributed by atoms with Gasteiger partial charge >= 0.3 is 0 Å². The van der Waals surface area contributed by atoms with Crippen LogP contribution < -0.4 is 14.2 Å². The monoisotopic (exact) mass is 252 g/mol. The van der Waals surface area contributed by atoms with Gasteiger partial charge < -0.3 is 19.3 Å². The number of methoxy groups -OCH3 is 3. The molecular formula is C14H20O4. The Hall–Kier alpha value is -1.42. The summed E-state index contributed by atoms with van der Waals surface area (Å²) in [6, 6.07) is 1.99. The number of aryl methyl sites for hydroxylation is 1. The molecule has 1 aromatic carbocycles. The first kappa shape index (κ1) is 13.0. The van der Waals surface area contributed by atoms with Crippen molar-refractivity contribution >= 4 is 0 Å². The molecule has 0 aromatic heterocycles. The number of ether oxygens (including phenoxy) is 3. The summed E-state index contributed by atoms with van der Waals surface area (Å²) in [5.41, 5.74) is 2.22. The first-order valence-corrected chi connectivity index (χ1v) is 6.20. The third-order valence-electron chi connectivity index (χ3n) is 3.45. The van der Waals surface area contributed by atoms with E-state index in [4.69, 9.17) is 14.2 Å². The maximum Gasteiger partial charge on any atom is 0.203 e. The van der Waals surface area contributed by atoms with Crippen LogP contribution in [0.25, 0.3) is 0 Å². The minimum atomic E-state index is -0.307. The van der Waals surface area contributed by atoms with E-state index in [2.05, 4.69) is 0 Å². The summed E-state index contributed by atoms with van der Waals surface area (Å²) in [7, 11) is 4.84. The van der Waals surface area contributed by atoms with Crippen LogP contribution >= 0.6 is 0 Å². The molecule has 0 amide bonds. The van der Waals surface area contributed by atoms with Crippen molar-refractivity contribution < 1.29 is 19.3 Å². The molecule has 1 atom stereocenters. The SMILES string of the molecule is COc1cc2c(c(OC)c1OC)CC(O)CCC2. The predicted molar refractivity (Wildman–Crippen MR) is 68.7 cm³/mol. The minimum Gasteiger partial charge on any atom is -0.493 e. The minimum absolute atomic E-state index is 0.307. The summed E-state index contributed by atoms with van der Waals surface area (Å²) in [5, 5.41) is 9.92. The molecule has 2 rings (SSSR count). The molecule has 18 heavy (non-hydrogen) atoms. The zero-order chi connectivity index (χ0) is 13.1. The van der Waals surface area contributed by atoms with Crippen molar-refractivity contribution in [2.75, 3.05) is 21.3 Å². The average Bonchev–Trinajstić information content (AvgIpc) is 2.56. The highest BCUT2D eigenvalue weighted by Gasteiger charge is 2.24. The molecule has 0 saturated carbocycles. The van der Waals surface area contributed by atoms with E-state index in [0.29, 0.717) is 23.7 Å². The summed E-state index contributed by atoms with van der Waals surface area (Å²) in [6.45, 7) is 0. The number of benzene rings is 1. The van der Waals surface area contributed by atoms with Gasteiger partial charge in [0, 0.05) is 12.0 Å². The van der Waals surface area contributed by atoms with Crippen LogP contribution in [-0.4, -0.2) is 32.5 Å². The van der Waals surface area contributed by atoms with Gasteiger partial charge in [-0.2, -0.15) is 0 Å². The fourth-order valence-corrected chi connectivity index (χ4v) is 2.58. The van der Waals surface area contributed by atoms with Gasteiger partial charge in [-0.05, 0) is 30.9 Å². The molecule has 1 N–H and O–H groups in total. The van der Waals surface area contributed by atoms with Gasteiger partial charge in [-0.25, -0.2) is 0 Å². The van der Waals surface area contributed by atoms with Crippen LogP contribution in [0.5, 0.6) is 17.2 Å². The number of fused-ring (bicyclic) bond motifs is 1. The summed E-state index contributed by atoms with van der Waals surface area (Å²) in [5.74, 6) is 1.98. The maximum atomic E-state index is 9.92. The Labute approximate surface area is 107 Å². The first-order chi connectivity index (χ1) is 8.71. The lowest BCUT2D eigenvalue weighted by Crippen LogP contribution is -2.10. The Balaban J connectivity index is 2.58. The van der Waals surface area contributed by atoms with Crippen LogP contribution in [0.3, 0.4) is 0 Å². The molecule has 1 unspecified atom stereocenters. The van der Waals surface area contributed by atoms with E-state index in [1.165, 1.54) is 5.56 Å². The smallest absolute Gasteiger partial charge is 0.203 e. The fourth-order valence-electron chi connectivity index (χ4n) is 2.58. The first-order valence-electron chi connectivity index (χ1n) is 6.20. The third-order valence-corrected chi connectivity index (χ3v) is 3.45. The summed E-state index contributed by atoms with van der Waals surface area (Å²) in [4.78, 5) is 0. The molecule has 0 heterocycles. The zero-order valence-corrected chi connectivity index (χ0v) is 11.2. The molecule has 1 aromatic rings. The largest absolute Gasteiger partial charge is 0.493 e. The molecule has 0 bridgehead atoms. The van der Waals surface area contributed by atoms with E-state index in [1.54, 1.807) is 21.3 Å². The molecule has 0 spiro atoms. The molecule has 100 valence electrons. The fraction of sp³-hybridized carbons (Fsp3) is 0.571. The van der Waals surface area contributed by atoms with Gasteiger partial charge in [-0.15, -0.1) is 0 Å². The van der Waals surface area contributed by atoms with Crippen molar-refractivity contribution in [2.24, 2.45) is 0 Å². The Kier molecular flexibility index (Phi) is 3.97. The van der Waals surface area contributed by atoms with Gasteiger partial charge in [0.25, 0.3) is 0 Å². The van der Waals surface area contributed by atoms with E-state index in [1.807, 2.05) is 6.07 Å². The zero-order valence-electron chi connectivity index (χ0n) is 11.2. The topological polar surface area (TPSA) is 47.9 Å². The van der Waals surface area contributed by atoms with E-state index in [9.17, 15) is 5.11 Å². The van der Waals surface area contributed by atoms with Crippen molar-refractivity contribution in [3.05, 3.63) is 17.2 Å². The third kappa shape index (κ3) is 2.25. The number of aliphatic hydroxyl groups is 1. The normalized spacial score (nSPS) is 18.8. The van der Waals surface area contributed by atoms with Crippen LogP contribution in [0.1, 0.15) is 24.0 Å². The summed E-state index contributed by atoms with van der Waals surface area (Å²) < 4.78 is 16.2. The number of rotatable bonds is 3. The molecule has 0 fully saturated rings. The van der Waals surface area contributed by atoms with E-state index in [-0.39, 0.29) is 6.10 Å². The van der Waals surface area contributed by atoms with Crippen LogP contribution in [0.15, 0.2) is 6.07 Å². The number of hydrogen-bond acceptors (Lipinski definition) is 4. The van der Waals surface area contributed by atoms with Gasteiger partial charge in [0.05, 0.1) is 27.4 Å². The Morgan fingerprint density at radius 2 is 1.83 bits per heavy atom. The highest BCUT2D eigenvalue weighted by Crippen LogP contribution is 2.43. The van der Waals surface area contributed by atoms with Gasteiger partial charge in [0.15, 0.2) is 11.5 Å². The second-order valence-electron chi connectivity index (χ2n) is 4.53. The van der Waals surface area contributed by atoms with Crippen molar-refractivity contribution in [2.45, 2.75) is 31.8 Å². The van der Waals surface area contributed by atoms with Crippen molar-refractivity contribution in [1.82, 2.24) is 0 Å². The Morgan fingerprint density at radius 3 is 2.44 bits per heavy atom. The highest BCUT2D eigenvalue weighted by molar-refractivity contribution is 5.59. The van der Waals surface area contributed by atoms with Crippen LogP contribution in [-0.2, 0) is 12.8 Å². The van der Waals surface area contributed by atoms with E-state index in [0.717, 1.165) is 24.8 Å². The van der Waals surface area contributed by atoms with E-state index < -0.39 is 0 Å². The number of hydrogen-bond donors (Lipinski definition) is 1. The highest BCUT2D eigenvalue weighted by atomic mass is 16.5. The lowest BCUT2D eigenvalue weighted by Gasteiger charge is -2.19. The van der Waals surface area contributed by atoms with Gasteiger partial charge in [-0.1, -0.05) is 0 Å². The lowest BCUT2D eigenvalue weighted by atomic mass is 10.00. The molecule has 1 aliphatic rings. The Bertz CT molecular complexity index is 428. The lowest BCUT2D eigenvalue weighted by molar-refractivity contribution is 0.164. The summed E-state index contributed by atoms with van der Waals surface area (Å²) >= 11 is 0. The van der Waals surface area contributed by atoms with Crippen molar-refractivity contribution in [3.63, 3.8) is 0 Å².